The van der Waals surface area contributed by atoms with Crippen LogP contribution in [0.25, 0.3) is 0 Å². The molecule has 19 heavy (non-hydrogen) atoms. The first-order chi connectivity index (χ1) is 9.29. The van der Waals surface area contributed by atoms with Gasteiger partial charge >= 0.3 is 0 Å². The minimum absolute atomic E-state index is 0.00469. The van der Waals surface area contributed by atoms with Gasteiger partial charge in [-0.15, -0.1) is 0 Å². The molecule has 2 unspecified atom stereocenters. The van der Waals surface area contributed by atoms with Gasteiger partial charge in [0.25, 0.3) is 0 Å². The molecule has 1 aliphatic rings. The summed E-state index contributed by atoms with van der Waals surface area (Å²) in [5.74, 6) is 0.00469. The second-order valence-electron chi connectivity index (χ2n) is 4.49. The lowest BCUT2D eigenvalue weighted by Crippen LogP contribution is -2.07. The van der Waals surface area contributed by atoms with Gasteiger partial charge in [-0.2, -0.15) is 0 Å². The Hall–Kier alpha value is -2.26. The maximum absolute atomic E-state index is 12.1. The van der Waals surface area contributed by atoms with Gasteiger partial charge in [0.2, 0.25) is 0 Å². The number of carbonyl (C=O) groups excluding carboxylic acids is 2. The van der Waals surface area contributed by atoms with Crippen molar-refractivity contribution < 1.29 is 14.3 Å². The van der Waals surface area contributed by atoms with Crippen LogP contribution in [-0.4, -0.2) is 18.2 Å². The summed E-state index contributed by atoms with van der Waals surface area (Å²) in [7, 11) is 0. The van der Waals surface area contributed by atoms with E-state index in [9.17, 15) is 9.59 Å². The lowest BCUT2D eigenvalue weighted by molar-refractivity contribution is 0.0953. The van der Waals surface area contributed by atoms with Crippen LogP contribution in [0.5, 0.6) is 0 Å². The zero-order valence-electron chi connectivity index (χ0n) is 10.2. The third kappa shape index (κ3) is 2.33. The Morgan fingerprint density at radius 2 is 1.68 bits per heavy atom. The first kappa shape index (κ1) is 11.8. The van der Waals surface area contributed by atoms with E-state index >= 15 is 0 Å². The van der Waals surface area contributed by atoms with E-state index in [4.69, 9.17) is 4.74 Å². The van der Waals surface area contributed by atoms with Gasteiger partial charge in [0.1, 0.15) is 12.4 Å². The SMILES string of the molecule is O=Cc1ccc(C2OC2C(=O)c2ccccc2)cc1. The maximum atomic E-state index is 12.1. The standard InChI is InChI=1S/C16H12O3/c17-10-11-6-8-13(9-7-11)15-16(19-15)14(18)12-4-2-1-3-5-12/h1-10,15-16H. The van der Waals surface area contributed by atoms with Crippen LogP contribution >= 0.6 is 0 Å². The van der Waals surface area contributed by atoms with E-state index < -0.39 is 6.10 Å². The van der Waals surface area contributed by atoms with Gasteiger partial charge in [-0.3, -0.25) is 9.59 Å². The highest BCUT2D eigenvalue weighted by Gasteiger charge is 2.45. The van der Waals surface area contributed by atoms with E-state index in [0.717, 1.165) is 11.8 Å². The van der Waals surface area contributed by atoms with Crippen molar-refractivity contribution >= 4 is 12.1 Å². The molecule has 0 N–H and O–H groups in total. The quantitative estimate of drug-likeness (QED) is 0.477. The number of ether oxygens (including phenoxy) is 1. The highest BCUT2D eigenvalue weighted by molar-refractivity contribution is 6.01. The molecule has 1 fully saturated rings. The second-order valence-corrected chi connectivity index (χ2v) is 4.49. The number of Topliss-reactive ketones (excluding diaryl/α,β-unsaturated/α-hetero) is 1. The molecule has 1 aliphatic heterocycles. The van der Waals surface area contributed by atoms with Crippen LogP contribution in [-0.2, 0) is 4.74 Å². The van der Waals surface area contributed by atoms with Gasteiger partial charge in [0, 0.05) is 11.1 Å². The molecule has 2 aromatic carbocycles. The molecule has 2 aromatic rings. The Morgan fingerprint density at radius 3 is 2.32 bits per heavy atom. The second kappa shape index (κ2) is 4.78. The molecule has 3 nitrogen and oxygen atoms in total. The first-order valence-electron chi connectivity index (χ1n) is 6.09. The summed E-state index contributed by atoms with van der Waals surface area (Å²) in [5, 5.41) is 0. The summed E-state index contributed by atoms with van der Waals surface area (Å²) >= 11 is 0. The number of benzene rings is 2. The monoisotopic (exact) mass is 252 g/mol. The van der Waals surface area contributed by atoms with E-state index in [-0.39, 0.29) is 11.9 Å². The number of hydrogen-bond donors (Lipinski definition) is 0. The van der Waals surface area contributed by atoms with Crippen molar-refractivity contribution in [3.63, 3.8) is 0 Å². The van der Waals surface area contributed by atoms with Crippen molar-refractivity contribution in [3.8, 4) is 0 Å². The average molecular weight is 252 g/mol. The smallest absolute Gasteiger partial charge is 0.194 e. The Kier molecular flexibility index (Phi) is 2.97. The Balaban J connectivity index is 1.73. The van der Waals surface area contributed by atoms with Crippen molar-refractivity contribution in [2.75, 3.05) is 0 Å². The van der Waals surface area contributed by atoms with Crippen molar-refractivity contribution in [1.29, 1.82) is 0 Å². The number of carbonyl (C=O) groups is 2. The summed E-state index contributed by atoms with van der Waals surface area (Å²) < 4.78 is 5.45. The predicted octanol–water partition coefficient (Wildman–Crippen LogP) is 2.82. The number of aldehydes is 1. The number of hydrogen-bond acceptors (Lipinski definition) is 3. The van der Waals surface area contributed by atoms with Crippen LogP contribution in [0.4, 0.5) is 0 Å². The molecule has 0 aliphatic carbocycles. The zero-order valence-corrected chi connectivity index (χ0v) is 10.2. The average Bonchev–Trinajstić information content (AvgIpc) is 3.28. The van der Waals surface area contributed by atoms with Crippen LogP contribution in [0.15, 0.2) is 54.6 Å². The molecule has 94 valence electrons. The number of rotatable bonds is 4. The minimum atomic E-state index is -0.399. The molecule has 0 radical (unpaired) electrons. The van der Waals surface area contributed by atoms with Gasteiger partial charge < -0.3 is 4.74 Å². The van der Waals surface area contributed by atoms with E-state index in [2.05, 4.69) is 0 Å². The molecule has 0 aromatic heterocycles. The van der Waals surface area contributed by atoms with Crippen LogP contribution < -0.4 is 0 Å². The van der Waals surface area contributed by atoms with Crippen molar-refractivity contribution in [3.05, 3.63) is 71.3 Å². The van der Waals surface area contributed by atoms with Crippen LogP contribution in [0.1, 0.15) is 32.4 Å². The van der Waals surface area contributed by atoms with Gasteiger partial charge in [0.05, 0.1) is 0 Å². The van der Waals surface area contributed by atoms with Crippen LogP contribution in [0.2, 0.25) is 0 Å². The van der Waals surface area contributed by atoms with Crippen LogP contribution in [0.3, 0.4) is 0 Å². The summed E-state index contributed by atoms with van der Waals surface area (Å²) in [6, 6.07) is 16.2. The third-order valence-corrected chi connectivity index (χ3v) is 3.21. The Morgan fingerprint density at radius 1 is 1.00 bits per heavy atom. The van der Waals surface area contributed by atoms with Crippen molar-refractivity contribution in [1.82, 2.24) is 0 Å². The molecular formula is C16H12O3. The normalized spacial score (nSPS) is 20.8. The number of ketones is 1. The van der Waals surface area contributed by atoms with Crippen molar-refractivity contribution in [2.24, 2.45) is 0 Å². The van der Waals surface area contributed by atoms with E-state index in [0.29, 0.717) is 11.1 Å². The first-order valence-corrected chi connectivity index (χ1v) is 6.09. The fourth-order valence-electron chi connectivity index (χ4n) is 2.10. The Labute approximate surface area is 110 Å². The molecule has 1 saturated heterocycles. The third-order valence-electron chi connectivity index (χ3n) is 3.21. The van der Waals surface area contributed by atoms with Gasteiger partial charge in [-0.25, -0.2) is 0 Å². The zero-order chi connectivity index (χ0) is 13.2. The fraction of sp³-hybridized carbons (Fsp3) is 0.125. The molecule has 0 spiro atoms. The van der Waals surface area contributed by atoms with E-state index in [1.54, 1.807) is 24.3 Å². The molecule has 3 heteroatoms. The molecule has 1 heterocycles. The summed E-state index contributed by atoms with van der Waals surface area (Å²) in [6.45, 7) is 0. The van der Waals surface area contributed by atoms with Gasteiger partial charge in [0.15, 0.2) is 11.9 Å². The topological polar surface area (TPSA) is 46.7 Å². The highest BCUT2D eigenvalue weighted by atomic mass is 16.6. The lowest BCUT2D eigenvalue weighted by atomic mass is 10.0. The van der Waals surface area contributed by atoms with Gasteiger partial charge in [-0.05, 0) is 5.56 Å². The predicted molar refractivity (Wildman–Crippen MR) is 70.2 cm³/mol. The van der Waals surface area contributed by atoms with Crippen LogP contribution in [0, 0.1) is 0 Å². The largest absolute Gasteiger partial charge is 0.356 e. The molecule has 0 amide bonds. The Bertz CT molecular complexity index is 602. The minimum Gasteiger partial charge on any atom is -0.356 e. The van der Waals surface area contributed by atoms with Gasteiger partial charge in [-0.1, -0.05) is 54.6 Å². The fourth-order valence-corrected chi connectivity index (χ4v) is 2.10. The maximum Gasteiger partial charge on any atom is 0.194 e. The van der Waals surface area contributed by atoms with E-state index in [1.807, 2.05) is 30.3 Å². The summed E-state index contributed by atoms with van der Waals surface area (Å²) in [5.41, 5.74) is 2.22. The number of epoxide rings is 1. The molecule has 0 saturated carbocycles. The molecular weight excluding hydrogens is 240 g/mol. The highest BCUT2D eigenvalue weighted by Crippen LogP contribution is 2.40. The van der Waals surface area contributed by atoms with Crippen molar-refractivity contribution in [2.45, 2.75) is 12.2 Å². The molecule has 2 atom stereocenters. The molecule has 0 bridgehead atoms. The lowest BCUT2D eigenvalue weighted by Gasteiger charge is -1.98. The molecule has 3 rings (SSSR count). The summed E-state index contributed by atoms with van der Waals surface area (Å²) in [6.07, 6.45) is 0.210. The summed E-state index contributed by atoms with van der Waals surface area (Å²) in [4.78, 5) is 22.7. The van der Waals surface area contributed by atoms with E-state index in [1.165, 1.54) is 0 Å².